The predicted octanol–water partition coefficient (Wildman–Crippen LogP) is 5.01. The van der Waals surface area contributed by atoms with Gasteiger partial charge in [0.05, 0.1) is 29.5 Å². The van der Waals surface area contributed by atoms with Gasteiger partial charge in [-0.1, -0.05) is 60.3 Å². The molecule has 1 atom stereocenters. The molecular formula is C24H21N5O2S2. The first-order valence-electron chi connectivity index (χ1n) is 10.4. The minimum absolute atomic E-state index is 0.0887. The largest absolute Gasteiger partial charge is 0.497 e. The number of rotatable bonds is 7. The second kappa shape index (κ2) is 9.60. The molecule has 3 heterocycles. The van der Waals surface area contributed by atoms with Crippen LogP contribution in [0.15, 0.2) is 82.4 Å². The summed E-state index contributed by atoms with van der Waals surface area (Å²) in [5.74, 6) is 1.59. The van der Waals surface area contributed by atoms with E-state index in [4.69, 9.17) is 9.84 Å². The molecule has 2 aromatic carbocycles. The van der Waals surface area contributed by atoms with Crippen LogP contribution in [-0.4, -0.2) is 44.7 Å². The van der Waals surface area contributed by atoms with Crippen molar-refractivity contribution in [2.45, 2.75) is 17.6 Å². The molecule has 1 aliphatic rings. The van der Waals surface area contributed by atoms with Crippen molar-refractivity contribution < 1.29 is 9.53 Å². The maximum atomic E-state index is 13.2. The number of hydrazone groups is 1. The number of aromatic amines is 1. The highest BCUT2D eigenvalue weighted by molar-refractivity contribution is 7.99. The van der Waals surface area contributed by atoms with E-state index in [-0.39, 0.29) is 17.7 Å². The van der Waals surface area contributed by atoms with E-state index in [0.29, 0.717) is 17.4 Å². The molecule has 0 radical (unpaired) electrons. The number of nitrogens with zero attached hydrogens (tertiary/aromatic N) is 4. The maximum Gasteiger partial charge on any atom is 0.253 e. The molecular weight excluding hydrogens is 454 g/mol. The van der Waals surface area contributed by atoms with Crippen LogP contribution < -0.4 is 4.74 Å². The molecule has 0 aliphatic carbocycles. The number of carbonyl (C=O) groups is 1. The van der Waals surface area contributed by atoms with Crippen molar-refractivity contribution in [3.8, 4) is 16.5 Å². The first kappa shape index (κ1) is 21.4. The van der Waals surface area contributed by atoms with Crippen LogP contribution in [-0.2, 0) is 4.79 Å². The summed E-state index contributed by atoms with van der Waals surface area (Å²) in [7, 11) is 1.64. The molecule has 0 saturated carbocycles. The monoisotopic (exact) mass is 475 g/mol. The lowest BCUT2D eigenvalue weighted by molar-refractivity contribution is -0.130. The zero-order valence-corrected chi connectivity index (χ0v) is 19.5. The topological polar surface area (TPSA) is 83.5 Å². The Morgan fingerprint density at radius 3 is 2.70 bits per heavy atom. The minimum Gasteiger partial charge on any atom is -0.497 e. The average molecular weight is 476 g/mol. The molecule has 166 valence electrons. The third-order valence-electron chi connectivity index (χ3n) is 5.32. The smallest absolute Gasteiger partial charge is 0.253 e. The van der Waals surface area contributed by atoms with Gasteiger partial charge in [0.25, 0.3) is 5.91 Å². The number of methoxy groups -OCH3 is 1. The van der Waals surface area contributed by atoms with E-state index in [1.807, 2.05) is 72.1 Å². The molecule has 0 saturated heterocycles. The normalized spacial score (nSPS) is 15.5. The molecule has 33 heavy (non-hydrogen) atoms. The van der Waals surface area contributed by atoms with Crippen molar-refractivity contribution in [3.05, 3.63) is 83.2 Å². The van der Waals surface area contributed by atoms with Crippen LogP contribution in [0.1, 0.15) is 23.6 Å². The van der Waals surface area contributed by atoms with E-state index in [1.165, 1.54) is 11.8 Å². The quantitative estimate of drug-likeness (QED) is 0.380. The standard InChI is InChI=1S/C24H21N5O2S2/c1-31-18-11-9-17(10-12-18)20-14-19(16-6-3-2-4-7-16)28-29(20)22(30)15-33-24-25-23(26-27-24)21-8-5-13-32-21/h2-13,20H,14-15H2,1H3,(H,25,26,27)/t20-/m0/s1. The van der Waals surface area contributed by atoms with Crippen molar-refractivity contribution >= 4 is 34.7 Å². The Labute approximate surface area is 199 Å². The fourth-order valence-corrected chi connectivity index (χ4v) is 4.97. The molecule has 4 aromatic rings. The highest BCUT2D eigenvalue weighted by Gasteiger charge is 2.33. The Balaban J connectivity index is 1.34. The van der Waals surface area contributed by atoms with Gasteiger partial charge in [0.2, 0.25) is 5.16 Å². The van der Waals surface area contributed by atoms with Gasteiger partial charge in [0.1, 0.15) is 5.75 Å². The van der Waals surface area contributed by atoms with Gasteiger partial charge < -0.3 is 4.74 Å². The number of H-pyrrole nitrogens is 1. The third kappa shape index (κ3) is 4.69. The van der Waals surface area contributed by atoms with Crippen molar-refractivity contribution in [1.29, 1.82) is 0 Å². The second-order valence-corrected chi connectivity index (χ2v) is 9.27. The highest BCUT2D eigenvalue weighted by Crippen LogP contribution is 2.34. The predicted molar refractivity (Wildman–Crippen MR) is 131 cm³/mol. The second-order valence-electron chi connectivity index (χ2n) is 7.38. The fourth-order valence-electron chi connectivity index (χ4n) is 3.66. The summed E-state index contributed by atoms with van der Waals surface area (Å²) in [6.45, 7) is 0. The molecule has 1 aliphatic heterocycles. The fraction of sp³-hybridized carbons (Fsp3) is 0.167. The van der Waals surface area contributed by atoms with E-state index in [0.717, 1.165) is 27.5 Å². The summed E-state index contributed by atoms with van der Waals surface area (Å²) in [5, 5.41) is 16.0. The molecule has 1 amide bonds. The molecule has 2 aromatic heterocycles. The number of hydrogen-bond donors (Lipinski definition) is 1. The van der Waals surface area contributed by atoms with Crippen LogP contribution >= 0.6 is 23.1 Å². The van der Waals surface area contributed by atoms with Crippen LogP contribution in [0.4, 0.5) is 0 Å². The molecule has 7 nitrogen and oxygen atoms in total. The molecule has 5 rings (SSSR count). The van der Waals surface area contributed by atoms with E-state index in [9.17, 15) is 4.79 Å². The van der Waals surface area contributed by atoms with E-state index < -0.39 is 0 Å². The van der Waals surface area contributed by atoms with Crippen LogP contribution in [0.25, 0.3) is 10.7 Å². The summed E-state index contributed by atoms with van der Waals surface area (Å²) in [6.07, 6.45) is 0.649. The Bertz CT molecular complexity index is 1250. The van der Waals surface area contributed by atoms with E-state index in [1.54, 1.807) is 23.5 Å². The summed E-state index contributed by atoms with van der Waals surface area (Å²) < 4.78 is 5.28. The van der Waals surface area contributed by atoms with Crippen molar-refractivity contribution in [2.75, 3.05) is 12.9 Å². The number of hydrogen-bond acceptors (Lipinski definition) is 7. The van der Waals surface area contributed by atoms with E-state index in [2.05, 4.69) is 15.2 Å². The van der Waals surface area contributed by atoms with Crippen molar-refractivity contribution in [1.82, 2.24) is 20.2 Å². The number of thioether (sulfide) groups is 1. The van der Waals surface area contributed by atoms with E-state index >= 15 is 0 Å². The Hall–Kier alpha value is -3.43. The highest BCUT2D eigenvalue weighted by atomic mass is 32.2. The first-order valence-corrected chi connectivity index (χ1v) is 12.3. The molecule has 0 bridgehead atoms. The Kier molecular flexibility index (Phi) is 6.23. The molecule has 1 N–H and O–H groups in total. The number of thiophene rings is 1. The number of carbonyl (C=O) groups excluding carboxylic acids is 1. The SMILES string of the molecule is COc1ccc([C@@H]2CC(c3ccccc3)=NN2C(=O)CSc2n[nH]c(-c3cccs3)n2)cc1. The maximum absolute atomic E-state index is 13.2. The number of ether oxygens (including phenoxy) is 1. The number of nitrogens with one attached hydrogen (secondary N) is 1. The summed E-state index contributed by atoms with van der Waals surface area (Å²) in [4.78, 5) is 18.8. The molecule has 9 heteroatoms. The molecule has 0 fully saturated rings. The van der Waals surface area contributed by atoms with Gasteiger partial charge in [-0.15, -0.1) is 16.4 Å². The Morgan fingerprint density at radius 1 is 1.15 bits per heavy atom. The average Bonchev–Trinajstić information content (AvgIpc) is 3.64. The van der Waals surface area contributed by atoms with Crippen LogP contribution in [0.3, 0.4) is 0 Å². The first-order chi connectivity index (χ1) is 16.2. The zero-order chi connectivity index (χ0) is 22.6. The van der Waals surface area contributed by atoms with Crippen molar-refractivity contribution in [2.24, 2.45) is 5.10 Å². The van der Waals surface area contributed by atoms with Crippen LogP contribution in [0.5, 0.6) is 5.75 Å². The number of aromatic nitrogens is 3. The lowest BCUT2D eigenvalue weighted by Gasteiger charge is -2.22. The van der Waals surface area contributed by atoms with Gasteiger partial charge >= 0.3 is 0 Å². The van der Waals surface area contributed by atoms with Gasteiger partial charge in [0, 0.05) is 6.42 Å². The minimum atomic E-state index is -0.173. The van der Waals surface area contributed by atoms with Crippen molar-refractivity contribution in [3.63, 3.8) is 0 Å². The van der Waals surface area contributed by atoms with Gasteiger partial charge in [-0.25, -0.2) is 9.99 Å². The van der Waals surface area contributed by atoms with Crippen LogP contribution in [0, 0.1) is 0 Å². The summed E-state index contributed by atoms with van der Waals surface area (Å²) in [6, 6.07) is 21.5. The lowest BCUT2D eigenvalue weighted by Crippen LogP contribution is -2.28. The van der Waals surface area contributed by atoms with Gasteiger partial charge in [-0.3, -0.25) is 9.89 Å². The molecule has 0 spiro atoms. The summed E-state index contributed by atoms with van der Waals surface area (Å²) >= 11 is 2.89. The number of benzene rings is 2. The molecule has 0 unspecified atom stereocenters. The third-order valence-corrected chi connectivity index (χ3v) is 7.03. The summed E-state index contributed by atoms with van der Waals surface area (Å²) in [5.41, 5.74) is 2.93. The zero-order valence-electron chi connectivity index (χ0n) is 17.8. The van der Waals surface area contributed by atoms with Crippen LogP contribution in [0.2, 0.25) is 0 Å². The Morgan fingerprint density at radius 2 is 1.97 bits per heavy atom. The number of amides is 1. The van der Waals surface area contributed by atoms with Gasteiger partial charge in [0.15, 0.2) is 5.82 Å². The lowest BCUT2D eigenvalue weighted by atomic mass is 9.98. The van der Waals surface area contributed by atoms with Gasteiger partial charge in [-0.05, 0) is 34.7 Å². The van der Waals surface area contributed by atoms with Gasteiger partial charge in [-0.2, -0.15) is 5.10 Å².